The number of anilines is 2. The fraction of sp³-hybridized carbons (Fsp3) is 0.423. The van der Waals surface area contributed by atoms with Crippen molar-refractivity contribution in [3.05, 3.63) is 58.7 Å². The molecule has 0 unspecified atom stereocenters. The number of amides is 2. The van der Waals surface area contributed by atoms with Crippen LogP contribution in [-0.2, 0) is 35.3 Å². The highest BCUT2D eigenvalue weighted by molar-refractivity contribution is 5.99. The quantitative estimate of drug-likeness (QED) is 0.299. The summed E-state index contributed by atoms with van der Waals surface area (Å²) >= 11 is 0. The van der Waals surface area contributed by atoms with E-state index in [0.29, 0.717) is 0 Å². The Labute approximate surface area is 191 Å². The van der Waals surface area contributed by atoms with E-state index in [1.807, 2.05) is 64.1 Å². The topological polar surface area (TPSA) is 108 Å². The summed E-state index contributed by atoms with van der Waals surface area (Å²) in [6.07, 6.45) is 3.19. The van der Waals surface area contributed by atoms with E-state index in [-0.39, 0.29) is 30.5 Å². The molecule has 32 heavy (non-hydrogen) atoms. The molecule has 0 aliphatic rings. The first-order valence-corrected chi connectivity index (χ1v) is 11.5. The van der Waals surface area contributed by atoms with E-state index in [1.165, 1.54) is 0 Å². The molecule has 2 rings (SSSR count). The minimum absolute atomic E-state index is 0.0139. The molecule has 0 aliphatic carbocycles. The van der Waals surface area contributed by atoms with Crippen LogP contribution in [-0.4, -0.2) is 17.6 Å². The van der Waals surface area contributed by atoms with Gasteiger partial charge >= 0.3 is 0 Å². The molecule has 0 spiro atoms. The van der Waals surface area contributed by atoms with Crippen LogP contribution in [0.2, 0.25) is 0 Å². The molecule has 6 nitrogen and oxygen atoms in total. The molecule has 0 saturated heterocycles. The summed E-state index contributed by atoms with van der Waals surface area (Å²) < 4.78 is 0. The number of nitrogens with two attached hydrogens (primary N) is 1. The van der Waals surface area contributed by atoms with Crippen molar-refractivity contribution in [1.29, 1.82) is 5.41 Å². The summed E-state index contributed by atoms with van der Waals surface area (Å²) in [7, 11) is 0. The number of rotatable bonds is 11. The minimum atomic E-state index is -0.660. The molecule has 0 aliphatic heterocycles. The van der Waals surface area contributed by atoms with Gasteiger partial charge in [0, 0.05) is 30.1 Å². The molecule has 0 atom stereocenters. The highest BCUT2D eigenvalue weighted by Crippen LogP contribution is 2.25. The molecule has 0 saturated carbocycles. The SMILES string of the molecule is CCc1cccc(CC)c1NC(=O)CC(CC(=O)Nc1c(CC)cccc1CC)C(=N)N. The van der Waals surface area contributed by atoms with Crippen LogP contribution in [0.25, 0.3) is 0 Å². The second-order valence-corrected chi connectivity index (χ2v) is 7.97. The van der Waals surface area contributed by atoms with Gasteiger partial charge in [-0.2, -0.15) is 0 Å². The molecule has 0 fully saturated rings. The number of amidine groups is 1. The zero-order valence-corrected chi connectivity index (χ0v) is 19.7. The Morgan fingerprint density at radius 2 is 1.06 bits per heavy atom. The number of hydrogen-bond acceptors (Lipinski definition) is 3. The molecule has 0 radical (unpaired) electrons. The van der Waals surface area contributed by atoms with Crippen molar-refractivity contribution in [1.82, 2.24) is 0 Å². The average molecular weight is 437 g/mol. The second kappa shape index (κ2) is 12.0. The minimum Gasteiger partial charge on any atom is -0.387 e. The lowest BCUT2D eigenvalue weighted by Crippen LogP contribution is -2.31. The fourth-order valence-electron chi connectivity index (χ4n) is 3.93. The molecular formula is C26H36N4O2. The number of aryl methyl sites for hydroxylation is 4. The molecule has 0 aromatic heterocycles. The number of para-hydroxylation sites is 2. The molecule has 2 aromatic carbocycles. The number of nitrogens with one attached hydrogen (secondary N) is 3. The zero-order chi connectivity index (χ0) is 23.7. The molecule has 5 N–H and O–H groups in total. The fourth-order valence-corrected chi connectivity index (χ4v) is 3.93. The van der Waals surface area contributed by atoms with Gasteiger partial charge in [-0.1, -0.05) is 64.1 Å². The highest BCUT2D eigenvalue weighted by Gasteiger charge is 2.22. The Morgan fingerprint density at radius 3 is 1.31 bits per heavy atom. The second-order valence-electron chi connectivity index (χ2n) is 7.97. The predicted molar refractivity (Wildman–Crippen MR) is 132 cm³/mol. The van der Waals surface area contributed by atoms with Crippen LogP contribution in [0.4, 0.5) is 11.4 Å². The number of benzene rings is 2. The Kier molecular flexibility index (Phi) is 9.44. The van der Waals surface area contributed by atoms with Gasteiger partial charge in [-0.25, -0.2) is 0 Å². The summed E-state index contributed by atoms with van der Waals surface area (Å²) in [5.74, 6) is -1.30. The Morgan fingerprint density at radius 1 is 0.750 bits per heavy atom. The molecule has 6 heteroatoms. The van der Waals surface area contributed by atoms with Crippen LogP contribution in [0, 0.1) is 11.3 Å². The Balaban J connectivity index is 2.12. The molecular weight excluding hydrogens is 400 g/mol. The normalized spacial score (nSPS) is 10.8. The van der Waals surface area contributed by atoms with E-state index in [1.54, 1.807) is 0 Å². The average Bonchev–Trinajstić information content (AvgIpc) is 2.78. The van der Waals surface area contributed by atoms with Gasteiger partial charge in [0.05, 0.1) is 5.84 Å². The third kappa shape index (κ3) is 6.42. The summed E-state index contributed by atoms with van der Waals surface area (Å²) in [6.45, 7) is 8.19. The molecule has 172 valence electrons. The summed E-state index contributed by atoms with van der Waals surface area (Å²) in [6, 6.07) is 12.0. The predicted octanol–water partition coefficient (Wildman–Crippen LogP) is 4.85. The van der Waals surface area contributed by atoms with Crippen LogP contribution in [0.1, 0.15) is 62.8 Å². The van der Waals surface area contributed by atoms with Gasteiger partial charge in [0.15, 0.2) is 0 Å². The first kappa shape index (κ1) is 25.1. The van der Waals surface area contributed by atoms with Crippen LogP contribution in [0.3, 0.4) is 0 Å². The van der Waals surface area contributed by atoms with E-state index in [9.17, 15) is 9.59 Å². The lowest BCUT2D eigenvalue weighted by Gasteiger charge is -2.19. The smallest absolute Gasteiger partial charge is 0.225 e. The standard InChI is InChI=1S/C26H36N4O2/c1-5-17-11-9-12-18(6-2)24(17)29-22(31)15-21(26(27)28)16-23(32)30-25-19(7-3)13-10-14-20(25)8-4/h9-14,21H,5-8,15-16H2,1-4H3,(H3,27,28)(H,29,31)(H,30,32). The molecule has 2 aromatic rings. The van der Waals surface area contributed by atoms with Gasteiger partial charge < -0.3 is 16.4 Å². The number of hydrogen-bond donors (Lipinski definition) is 4. The van der Waals surface area contributed by atoms with E-state index in [2.05, 4.69) is 10.6 Å². The zero-order valence-electron chi connectivity index (χ0n) is 19.7. The van der Waals surface area contributed by atoms with Crippen molar-refractivity contribution in [2.45, 2.75) is 66.2 Å². The monoisotopic (exact) mass is 436 g/mol. The lowest BCUT2D eigenvalue weighted by molar-refractivity contribution is -0.118. The molecule has 0 bridgehead atoms. The van der Waals surface area contributed by atoms with Gasteiger partial charge in [0.25, 0.3) is 0 Å². The number of carbonyl (C=O) groups is 2. The van der Waals surface area contributed by atoms with Crippen molar-refractivity contribution < 1.29 is 9.59 Å². The maximum Gasteiger partial charge on any atom is 0.225 e. The van der Waals surface area contributed by atoms with Crippen molar-refractivity contribution >= 4 is 29.0 Å². The van der Waals surface area contributed by atoms with Crippen LogP contribution in [0.5, 0.6) is 0 Å². The third-order valence-electron chi connectivity index (χ3n) is 5.83. The summed E-state index contributed by atoms with van der Waals surface area (Å²) in [4.78, 5) is 25.6. The van der Waals surface area contributed by atoms with E-state index >= 15 is 0 Å². The van der Waals surface area contributed by atoms with Crippen molar-refractivity contribution in [2.24, 2.45) is 11.7 Å². The first-order chi connectivity index (χ1) is 15.3. The number of carbonyl (C=O) groups excluding carboxylic acids is 2. The van der Waals surface area contributed by atoms with E-state index < -0.39 is 5.92 Å². The third-order valence-corrected chi connectivity index (χ3v) is 5.83. The van der Waals surface area contributed by atoms with E-state index in [0.717, 1.165) is 59.3 Å². The summed E-state index contributed by atoms with van der Waals surface area (Å²) in [5, 5.41) is 13.9. The Hall–Kier alpha value is -3.15. The van der Waals surface area contributed by atoms with Crippen molar-refractivity contribution in [2.75, 3.05) is 10.6 Å². The Bertz CT molecular complexity index is 852. The maximum absolute atomic E-state index is 12.8. The maximum atomic E-state index is 12.8. The highest BCUT2D eigenvalue weighted by atomic mass is 16.2. The van der Waals surface area contributed by atoms with E-state index in [4.69, 9.17) is 11.1 Å². The van der Waals surface area contributed by atoms with Gasteiger partial charge in [-0.15, -0.1) is 0 Å². The first-order valence-electron chi connectivity index (χ1n) is 11.5. The largest absolute Gasteiger partial charge is 0.387 e. The van der Waals surface area contributed by atoms with Crippen LogP contribution in [0.15, 0.2) is 36.4 Å². The summed E-state index contributed by atoms with van der Waals surface area (Å²) in [5.41, 5.74) is 11.7. The lowest BCUT2D eigenvalue weighted by atomic mass is 9.97. The van der Waals surface area contributed by atoms with Crippen LogP contribution >= 0.6 is 0 Å². The van der Waals surface area contributed by atoms with Crippen LogP contribution < -0.4 is 16.4 Å². The van der Waals surface area contributed by atoms with Gasteiger partial charge in [0.2, 0.25) is 11.8 Å². The molecule has 0 heterocycles. The van der Waals surface area contributed by atoms with Crippen molar-refractivity contribution in [3.63, 3.8) is 0 Å². The van der Waals surface area contributed by atoms with Gasteiger partial charge in [-0.05, 0) is 47.9 Å². The van der Waals surface area contributed by atoms with Gasteiger partial charge in [-0.3, -0.25) is 15.0 Å². The van der Waals surface area contributed by atoms with Crippen molar-refractivity contribution in [3.8, 4) is 0 Å². The molecule has 2 amide bonds. The van der Waals surface area contributed by atoms with Gasteiger partial charge in [0.1, 0.15) is 0 Å².